The van der Waals surface area contributed by atoms with Gasteiger partial charge in [-0.2, -0.15) is 8.42 Å². The third kappa shape index (κ3) is 4.70. The molecule has 0 spiro atoms. The average Bonchev–Trinajstić information content (AvgIpc) is 3.74. The molecule has 3 aromatic heterocycles. The second kappa shape index (κ2) is 9.75. The summed E-state index contributed by atoms with van der Waals surface area (Å²) in [5, 5.41) is 16.1. The number of aromatic nitrogens is 3. The van der Waals surface area contributed by atoms with Crippen LogP contribution in [-0.4, -0.2) is 59.7 Å². The maximum Gasteiger partial charge on any atom is 0.274 e. The lowest BCUT2D eigenvalue weighted by molar-refractivity contribution is 0.0981. The molecule has 1 aliphatic heterocycles. The minimum atomic E-state index is -3.72. The lowest BCUT2D eigenvalue weighted by Crippen LogP contribution is -2.31. The number of para-hydroxylation sites is 1. The fraction of sp³-hybridized carbons (Fsp3) is 0.161. The molecule has 0 fully saturated rings. The molecule has 0 aliphatic carbocycles. The summed E-state index contributed by atoms with van der Waals surface area (Å²) < 4.78 is 28.8. The molecule has 0 radical (unpaired) electrons. The van der Waals surface area contributed by atoms with E-state index in [2.05, 4.69) is 20.3 Å². The zero-order valence-corrected chi connectivity index (χ0v) is 24.0. The number of nitrogens with one attached hydrogen (secondary N) is 4. The monoisotopic (exact) mass is 597 g/mol. The normalized spacial score (nSPS) is 15.0. The van der Waals surface area contributed by atoms with E-state index < -0.39 is 16.0 Å². The van der Waals surface area contributed by atoms with E-state index in [1.54, 1.807) is 36.5 Å². The van der Waals surface area contributed by atoms with Crippen LogP contribution in [0.1, 0.15) is 38.0 Å². The van der Waals surface area contributed by atoms with Gasteiger partial charge in [-0.05, 0) is 54.4 Å². The zero-order chi connectivity index (χ0) is 30.0. The van der Waals surface area contributed by atoms with Crippen molar-refractivity contribution in [1.29, 1.82) is 0 Å². The molecule has 7 rings (SSSR count). The molecule has 5 N–H and O–H groups in total. The van der Waals surface area contributed by atoms with Crippen LogP contribution in [0.15, 0.2) is 66.9 Å². The molecule has 12 heteroatoms. The predicted molar refractivity (Wildman–Crippen MR) is 164 cm³/mol. The summed E-state index contributed by atoms with van der Waals surface area (Å²) in [7, 11) is -3.72. The Morgan fingerprint density at radius 3 is 2.56 bits per heavy atom. The van der Waals surface area contributed by atoms with Crippen molar-refractivity contribution >= 4 is 66.0 Å². The smallest absolute Gasteiger partial charge is 0.274 e. The van der Waals surface area contributed by atoms with Gasteiger partial charge in [0.05, 0.1) is 24.1 Å². The van der Waals surface area contributed by atoms with E-state index >= 15 is 0 Å². The fourth-order valence-electron chi connectivity index (χ4n) is 5.92. The van der Waals surface area contributed by atoms with Crippen LogP contribution in [0.2, 0.25) is 0 Å². The van der Waals surface area contributed by atoms with Crippen molar-refractivity contribution in [2.24, 2.45) is 0 Å². The molecule has 0 bridgehead atoms. The Hall–Kier alpha value is -5.07. The van der Waals surface area contributed by atoms with Gasteiger partial charge in [-0.25, -0.2) is 0 Å². The first-order chi connectivity index (χ1) is 20.6. The first-order valence-electron chi connectivity index (χ1n) is 13.6. The van der Waals surface area contributed by atoms with Crippen LogP contribution < -0.4 is 10.2 Å². The van der Waals surface area contributed by atoms with Crippen LogP contribution in [0.3, 0.4) is 0 Å². The van der Waals surface area contributed by atoms with Crippen molar-refractivity contribution in [3.63, 3.8) is 0 Å². The first-order valence-corrected chi connectivity index (χ1v) is 15.4. The first kappa shape index (κ1) is 26.8. The van der Waals surface area contributed by atoms with Crippen molar-refractivity contribution < 1.29 is 27.3 Å². The lowest BCUT2D eigenvalue weighted by Gasteiger charge is -2.17. The van der Waals surface area contributed by atoms with E-state index in [9.17, 15) is 23.1 Å². The quantitative estimate of drug-likeness (QED) is 0.168. The third-order valence-electron chi connectivity index (χ3n) is 7.87. The summed E-state index contributed by atoms with van der Waals surface area (Å²) >= 11 is 0. The number of aromatic hydroxyl groups is 1. The topological polar surface area (TPSA) is 160 Å². The maximum atomic E-state index is 13.9. The molecule has 218 valence electrons. The van der Waals surface area contributed by atoms with Gasteiger partial charge in [-0.1, -0.05) is 18.2 Å². The van der Waals surface area contributed by atoms with Crippen LogP contribution in [0.5, 0.6) is 5.75 Å². The van der Waals surface area contributed by atoms with E-state index in [4.69, 9.17) is 4.18 Å². The molecule has 11 nitrogen and oxygen atoms in total. The summed E-state index contributed by atoms with van der Waals surface area (Å²) in [4.78, 5) is 37.7. The van der Waals surface area contributed by atoms with Gasteiger partial charge in [0.25, 0.3) is 21.9 Å². The summed E-state index contributed by atoms with van der Waals surface area (Å²) in [6.07, 6.45) is 2.75. The number of hydrogen-bond donors (Lipinski definition) is 5. The van der Waals surface area contributed by atoms with E-state index in [0.717, 1.165) is 33.7 Å². The molecule has 4 heterocycles. The number of H-pyrrole nitrogens is 3. The van der Waals surface area contributed by atoms with Gasteiger partial charge in [0.1, 0.15) is 17.1 Å². The lowest BCUT2D eigenvalue weighted by atomic mass is 9.96. The molecule has 1 aliphatic rings. The SMILES string of the molecule is Cc1c[nH]c2c(O)cc3c(c12)C(COS(C)(=O)=O)CN3C(=O)c1cc2cc(NC(=O)c3cc4ccccc4[nH]3)ccc2[nH]1. The Morgan fingerprint density at radius 2 is 1.77 bits per heavy atom. The number of phenolic OH excluding ortho intramolecular Hbond substituents is 1. The zero-order valence-electron chi connectivity index (χ0n) is 23.2. The predicted octanol–water partition coefficient (Wildman–Crippen LogP) is 5.12. The summed E-state index contributed by atoms with van der Waals surface area (Å²) in [5.41, 5.74) is 5.46. The van der Waals surface area contributed by atoms with E-state index in [-0.39, 0.29) is 30.7 Å². The molecule has 3 aromatic carbocycles. The van der Waals surface area contributed by atoms with Crippen LogP contribution >= 0.6 is 0 Å². The number of aryl methyl sites for hydroxylation is 1. The number of anilines is 2. The van der Waals surface area contributed by atoms with E-state index in [0.29, 0.717) is 39.2 Å². The molecule has 1 unspecified atom stereocenters. The summed E-state index contributed by atoms with van der Waals surface area (Å²) in [6, 6.07) is 18.0. The Balaban J connectivity index is 1.19. The van der Waals surface area contributed by atoms with Gasteiger partial charge in [0.2, 0.25) is 0 Å². The van der Waals surface area contributed by atoms with Gasteiger partial charge < -0.3 is 30.3 Å². The Labute approximate surface area is 245 Å². The number of aromatic amines is 3. The van der Waals surface area contributed by atoms with Crippen molar-refractivity contribution in [3.8, 4) is 5.75 Å². The maximum absolute atomic E-state index is 13.9. The van der Waals surface area contributed by atoms with Crippen LogP contribution in [0, 0.1) is 6.92 Å². The van der Waals surface area contributed by atoms with Crippen LogP contribution in [0.4, 0.5) is 11.4 Å². The highest BCUT2D eigenvalue weighted by Gasteiger charge is 2.37. The van der Waals surface area contributed by atoms with Crippen LogP contribution in [-0.2, 0) is 14.3 Å². The van der Waals surface area contributed by atoms with Gasteiger partial charge in [-0.15, -0.1) is 0 Å². The molecule has 6 aromatic rings. The number of amides is 2. The standard InChI is InChI=1S/C31H27N5O6S/c1-16-13-32-29-26(37)12-25-28(27(16)29)19(15-42-43(2,40)41)14-36(25)31(39)24-11-18-9-20(7-8-22(18)35-24)33-30(38)23-10-17-5-3-4-6-21(17)34-23/h3-13,19,32,34-35,37H,14-15H2,1-2H3,(H,33,38). The minimum Gasteiger partial charge on any atom is -0.506 e. The van der Waals surface area contributed by atoms with Crippen molar-refractivity contribution in [2.45, 2.75) is 12.8 Å². The highest BCUT2D eigenvalue weighted by molar-refractivity contribution is 7.85. The van der Waals surface area contributed by atoms with E-state index in [1.165, 1.54) is 11.0 Å². The number of phenols is 1. The fourth-order valence-corrected chi connectivity index (χ4v) is 6.34. The summed E-state index contributed by atoms with van der Waals surface area (Å²) in [5.74, 6) is -1.10. The minimum absolute atomic E-state index is 0.0173. The molecule has 0 saturated carbocycles. The molecule has 1 atom stereocenters. The van der Waals surface area contributed by atoms with E-state index in [1.807, 2.05) is 31.2 Å². The second-order valence-corrected chi connectivity index (χ2v) is 12.5. The average molecular weight is 598 g/mol. The summed E-state index contributed by atoms with van der Waals surface area (Å²) in [6.45, 7) is 1.89. The molecule has 2 amide bonds. The largest absolute Gasteiger partial charge is 0.506 e. The Bertz CT molecular complexity index is 2180. The number of benzene rings is 3. The third-order valence-corrected chi connectivity index (χ3v) is 8.43. The van der Waals surface area contributed by atoms with Gasteiger partial charge in [0.15, 0.2) is 0 Å². The molecular formula is C31H27N5O6S. The number of rotatable bonds is 6. The highest BCUT2D eigenvalue weighted by atomic mass is 32.2. The number of nitrogens with zero attached hydrogens (tertiary/aromatic N) is 1. The van der Waals surface area contributed by atoms with Crippen molar-refractivity contribution in [1.82, 2.24) is 15.0 Å². The Morgan fingerprint density at radius 1 is 1.02 bits per heavy atom. The molecule has 0 saturated heterocycles. The van der Waals surface area contributed by atoms with Crippen molar-refractivity contribution in [2.75, 3.05) is 29.6 Å². The van der Waals surface area contributed by atoms with Gasteiger partial charge in [-0.3, -0.25) is 13.8 Å². The van der Waals surface area contributed by atoms with Gasteiger partial charge >= 0.3 is 0 Å². The number of carbonyl (C=O) groups excluding carboxylic acids is 2. The molecule has 43 heavy (non-hydrogen) atoms. The Kier molecular flexibility index (Phi) is 6.08. The highest BCUT2D eigenvalue weighted by Crippen LogP contribution is 2.46. The van der Waals surface area contributed by atoms with Crippen molar-refractivity contribution in [3.05, 3.63) is 89.4 Å². The number of hydrogen-bond acceptors (Lipinski definition) is 6. The molecular weight excluding hydrogens is 570 g/mol. The number of carbonyl (C=O) groups is 2. The second-order valence-electron chi connectivity index (χ2n) is 10.9. The van der Waals surface area contributed by atoms with Gasteiger partial charge in [0, 0.05) is 57.6 Å². The number of fused-ring (bicyclic) bond motifs is 5. The van der Waals surface area contributed by atoms with Crippen LogP contribution in [0.25, 0.3) is 32.7 Å².